The maximum atomic E-state index is 12.6. The lowest BCUT2D eigenvalue weighted by atomic mass is 10.1. The van der Waals surface area contributed by atoms with E-state index < -0.39 is 0 Å². The van der Waals surface area contributed by atoms with Crippen molar-refractivity contribution < 1.29 is 14.3 Å². The molecule has 0 bridgehead atoms. The fourth-order valence-electron chi connectivity index (χ4n) is 3.21. The number of piperazine rings is 1. The molecule has 7 nitrogen and oxygen atoms in total. The Balaban J connectivity index is 1.57. The van der Waals surface area contributed by atoms with E-state index in [1.165, 1.54) is 11.3 Å². The van der Waals surface area contributed by atoms with E-state index in [1.54, 1.807) is 13.1 Å². The zero-order valence-electron chi connectivity index (χ0n) is 16.5. The number of nitrogens with zero attached hydrogens (tertiary/aromatic N) is 3. The van der Waals surface area contributed by atoms with Crippen molar-refractivity contribution in [2.75, 3.05) is 49.5 Å². The molecule has 0 aliphatic carbocycles. The molecule has 8 heteroatoms. The first-order valence-electron chi connectivity index (χ1n) is 9.45. The predicted molar refractivity (Wildman–Crippen MR) is 111 cm³/mol. The number of pyridine rings is 1. The van der Waals surface area contributed by atoms with E-state index in [4.69, 9.17) is 4.74 Å². The minimum atomic E-state index is -0.386. The summed E-state index contributed by atoms with van der Waals surface area (Å²) in [5.41, 5.74) is 1.33. The Hall–Kier alpha value is -2.45. The van der Waals surface area contributed by atoms with Crippen LogP contribution >= 0.6 is 11.3 Å². The Morgan fingerprint density at radius 2 is 1.96 bits per heavy atom. The number of hydrogen-bond acceptors (Lipinski definition) is 7. The maximum absolute atomic E-state index is 12.6. The average Bonchev–Trinajstić information content (AvgIpc) is 2.96. The van der Waals surface area contributed by atoms with E-state index in [9.17, 15) is 9.59 Å². The summed E-state index contributed by atoms with van der Waals surface area (Å²) in [6.07, 6.45) is 1.79. The summed E-state index contributed by atoms with van der Waals surface area (Å²) in [6.45, 7) is 9.43. The van der Waals surface area contributed by atoms with E-state index in [1.807, 2.05) is 32.0 Å². The van der Waals surface area contributed by atoms with Gasteiger partial charge in [0.2, 0.25) is 5.91 Å². The van der Waals surface area contributed by atoms with Crippen molar-refractivity contribution >= 4 is 34.0 Å². The lowest BCUT2D eigenvalue weighted by Gasteiger charge is -2.34. The number of carbonyl (C=O) groups is 2. The van der Waals surface area contributed by atoms with Crippen molar-refractivity contribution in [1.82, 2.24) is 9.88 Å². The summed E-state index contributed by atoms with van der Waals surface area (Å²) in [6, 6.07) is 5.89. The number of anilines is 2. The number of rotatable bonds is 6. The summed E-state index contributed by atoms with van der Waals surface area (Å²) < 4.78 is 5.14. The van der Waals surface area contributed by atoms with Gasteiger partial charge < -0.3 is 15.0 Å². The standard InChI is InChI=1S/C20H26N4O3S/c1-4-27-20(26)18-14(2)15(3)28-19(18)22-17(25)13-23-9-11-24(12-10-23)16-7-5-6-8-21-16/h5-8H,4,9-13H2,1-3H3,(H,22,25). The number of hydrogen-bond donors (Lipinski definition) is 1. The van der Waals surface area contributed by atoms with Crippen LogP contribution in [0.3, 0.4) is 0 Å². The largest absolute Gasteiger partial charge is 0.462 e. The summed E-state index contributed by atoms with van der Waals surface area (Å²) in [4.78, 5) is 34.5. The maximum Gasteiger partial charge on any atom is 0.341 e. The van der Waals surface area contributed by atoms with Crippen LogP contribution in [0.2, 0.25) is 0 Å². The first-order valence-corrected chi connectivity index (χ1v) is 10.3. The SMILES string of the molecule is CCOC(=O)c1c(NC(=O)CN2CCN(c3ccccn3)CC2)sc(C)c1C. The fourth-order valence-corrected chi connectivity index (χ4v) is 4.27. The van der Waals surface area contributed by atoms with Crippen molar-refractivity contribution in [2.24, 2.45) is 0 Å². The highest BCUT2D eigenvalue weighted by Crippen LogP contribution is 2.33. The molecule has 28 heavy (non-hydrogen) atoms. The first-order chi connectivity index (χ1) is 13.5. The second-order valence-corrected chi connectivity index (χ2v) is 7.93. The van der Waals surface area contributed by atoms with Gasteiger partial charge in [-0.15, -0.1) is 11.3 Å². The molecule has 0 saturated carbocycles. The summed E-state index contributed by atoms with van der Waals surface area (Å²) in [7, 11) is 0. The second-order valence-electron chi connectivity index (χ2n) is 6.71. The number of nitrogens with one attached hydrogen (secondary N) is 1. The van der Waals surface area contributed by atoms with Gasteiger partial charge in [0.25, 0.3) is 0 Å². The Morgan fingerprint density at radius 3 is 2.61 bits per heavy atom. The van der Waals surface area contributed by atoms with Gasteiger partial charge in [-0.1, -0.05) is 6.07 Å². The monoisotopic (exact) mass is 402 g/mol. The zero-order chi connectivity index (χ0) is 20.1. The number of aryl methyl sites for hydroxylation is 1. The van der Waals surface area contributed by atoms with Gasteiger partial charge in [-0.25, -0.2) is 9.78 Å². The third kappa shape index (κ3) is 4.69. The zero-order valence-corrected chi connectivity index (χ0v) is 17.3. The van der Waals surface area contributed by atoms with E-state index in [0.29, 0.717) is 23.7 Å². The molecule has 1 saturated heterocycles. The van der Waals surface area contributed by atoms with Gasteiger partial charge in [-0.3, -0.25) is 9.69 Å². The lowest BCUT2D eigenvalue weighted by molar-refractivity contribution is -0.117. The molecule has 150 valence electrons. The summed E-state index contributed by atoms with van der Waals surface area (Å²) in [5.74, 6) is 0.469. The van der Waals surface area contributed by atoms with Crippen LogP contribution in [0.5, 0.6) is 0 Å². The van der Waals surface area contributed by atoms with Crippen LogP contribution in [0.1, 0.15) is 27.7 Å². The van der Waals surface area contributed by atoms with Crippen LogP contribution in [0.4, 0.5) is 10.8 Å². The molecule has 1 aliphatic rings. The molecule has 0 unspecified atom stereocenters. The normalized spacial score (nSPS) is 14.8. The molecule has 0 aromatic carbocycles. The average molecular weight is 403 g/mol. The Morgan fingerprint density at radius 1 is 1.21 bits per heavy atom. The summed E-state index contributed by atoms with van der Waals surface area (Å²) >= 11 is 1.42. The molecular weight excluding hydrogens is 376 g/mol. The molecule has 1 aliphatic heterocycles. The lowest BCUT2D eigenvalue weighted by Crippen LogP contribution is -2.48. The van der Waals surface area contributed by atoms with Gasteiger partial charge in [0.15, 0.2) is 0 Å². The number of thiophene rings is 1. The van der Waals surface area contributed by atoms with Crippen LogP contribution in [0.25, 0.3) is 0 Å². The van der Waals surface area contributed by atoms with E-state index in [2.05, 4.69) is 20.1 Å². The van der Waals surface area contributed by atoms with Crippen LogP contribution in [0, 0.1) is 13.8 Å². The third-order valence-corrected chi connectivity index (χ3v) is 5.95. The summed E-state index contributed by atoms with van der Waals surface area (Å²) in [5, 5.41) is 3.49. The predicted octanol–water partition coefficient (Wildman–Crippen LogP) is 2.70. The molecule has 3 rings (SSSR count). The molecule has 1 amide bonds. The van der Waals surface area contributed by atoms with Gasteiger partial charge in [0.1, 0.15) is 10.8 Å². The number of aromatic nitrogens is 1. The van der Waals surface area contributed by atoms with E-state index >= 15 is 0 Å². The van der Waals surface area contributed by atoms with E-state index in [-0.39, 0.29) is 11.9 Å². The van der Waals surface area contributed by atoms with Gasteiger partial charge in [0.05, 0.1) is 18.7 Å². The Bertz CT molecular complexity index is 829. The molecule has 1 N–H and O–H groups in total. The molecule has 3 heterocycles. The minimum absolute atomic E-state index is 0.113. The molecule has 2 aromatic rings. The van der Waals surface area contributed by atoms with Gasteiger partial charge in [-0.05, 0) is 38.5 Å². The molecule has 1 fully saturated rings. The quantitative estimate of drug-likeness (QED) is 0.749. The molecular formula is C20H26N4O3S. The number of esters is 1. The Labute approximate surface area is 169 Å². The topological polar surface area (TPSA) is 74.8 Å². The van der Waals surface area contributed by atoms with Crippen molar-refractivity contribution in [1.29, 1.82) is 0 Å². The molecule has 0 radical (unpaired) electrons. The first kappa shape index (κ1) is 20.3. The molecule has 0 atom stereocenters. The van der Waals surface area contributed by atoms with E-state index in [0.717, 1.165) is 42.4 Å². The highest BCUT2D eigenvalue weighted by atomic mass is 32.1. The van der Waals surface area contributed by atoms with Crippen molar-refractivity contribution in [3.8, 4) is 0 Å². The number of amides is 1. The second kappa shape index (κ2) is 9.16. The van der Waals surface area contributed by atoms with Crippen molar-refractivity contribution in [3.63, 3.8) is 0 Å². The minimum Gasteiger partial charge on any atom is -0.462 e. The number of ether oxygens (including phenoxy) is 1. The number of carbonyl (C=O) groups excluding carboxylic acids is 2. The van der Waals surface area contributed by atoms with Gasteiger partial charge in [-0.2, -0.15) is 0 Å². The van der Waals surface area contributed by atoms with Crippen LogP contribution in [-0.4, -0.2) is 61.1 Å². The highest BCUT2D eigenvalue weighted by molar-refractivity contribution is 7.16. The molecule has 2 aromatic heterocycles. The Kier molecular flexibility index (Phi) is 6.64. The van der Waals surface area contributed by atoms with Crippen molar-refractivity contribution in [3.05, 3.63) is 40.4 Å². The third-order valence-electron chi connectivity index (χ3n) is 4.83. The fraction of sp³-hybridized carbons (Fsp3) is 0.450. The van der Waals surface area contributed by atoms with Gasteiger partial charge >= 0.3 is 5.97 Å². The molecule has 0 spiro atoms. The highest BCUT2D eigenvalue weighted by Gasteiger charge is 2.24. The smallest absolute Gasteiger partial charge is 0.341 e. The van der Waals surface area contributed by atoms with Crippen molar-refractivity contribution in [2.45, 2.75) is 20.8 Å². The van der Waals surface area contributed by atoms with Crippen LogP contribution in [-0.2, 0) is 9.53 Å². The van der Waals surface area contributed by atoms with Crippen LogP contribution < -0.4 is 10.2 Å². The van der Waals surface area contributed by atoms with Crippen LogP contribution in [0.15, 0.2) is 24.4 Å². The van der Waals surface area contributed by atoms with Gasteiger partial charge in [0, 0.05) is 37.3 Å².